The number of carboxylic acids is 1. The Balaban J connectivity index is 2.67. The van der Waals surface area contributed by atoms with E-state index in [0.29, 0.717) is 5.56 Å². The lowest BCUT2D eigenvalue weighted by molar-refractivity contribution is 0.0697. The van der Waals surface area contributed by atoms with E-state index in [2.05, 4.69) is 4.98 Å². The molecule has 0 saturated heterocycles. The molecule has 5 heteroatoms. The van der Waals surface area contributed by atoms with Crippen LogP contribution < -0.4 is 4.91 Å². The number of thiazole rings is 1. The van der Waals surface area contributed by atoms with E-state index < -0.39 is 5.97 Å². The van der Waals surface area contributed by atoms with Crippen molar-refractivity contribution in [3.63, 3.8) is 0 Å². The zero-order valence-electron chi connectivity index (χ0n) is 6.94. The van der Waals surface area contributed by atoms with E-state index in [1.807, 2.05) is 7.85 Å². The minimum Gasteiger partial charge on any atom is -0.478 e. The van der Waals surface area contributed by atoms with Gasteiger partial charge in [-0.2, -0.15) is 0 Å². The predicted octanol–water partition coefficient (Wildman–Crippen LogP) is 0.253. The van der Waals surface area contributed by atoms with Gasteiger partial charge in [-0.1, -0.05) is 0 Å². The maximum atomic E-state index is 10.6. The molecule has 1 N–H and O–H groups in total. The number of rotatable bonds is 1. The minimum atomic E-state index is -0.895. The fourth-order valence-electron chi connectivity index (χ4n) is 1.17. The number of hydrogen-bond acceptors (Lipinski definition) is 3. The van der Waals surface area contributed by atoms with Gasteiger partial charge >= 0.3 is 5.97 Å². The van der Waals surface area contributed by atoms with Gasteiger partial charge in [0.05, 0.1) is 15.8 Å². The highest BCUT2D eigenvalue weighted by atomic mass is 32.1. The van der Waals surface area contributed by atoms with Gasteiger partial charge < -0.3 is 5.11 Å². The molecule has 0 spiro atoms. The average Bonchev–Trinajstić information content (AvgIpc) is 2.42. The minimum absolute atomic E-state index is 0.316. The molecule has 0 atom stereocenters. The molecule has 1 aromatic heterocycles. The SMILES string of the molecule is Bc1nc2ccc(C(=O)O)cc2s1. The van der Waals surface area contributed by atoms with Gasteiger partial charge in [0, 0.05) is 4.91 Å². The van der Waals surface area contributed by atoms with E-state index in [9.17, 15) is 4.79 Å². The number of carbonyl (C=O) groups is 1. The Kier molecular flexibility index (Phi) is 1.81. The van der Waals surface area contributed by atoms with Crippen molar-refractivity contribution in [2.75, 3.05) is 0 Å². The van der Waals surface area contributed by atoms with Crippen molar-refractivity contribution in [2.45, 2.75) is 0 Å². The molecule has 3 nitrogen and oxygen atoms in total. The summed E-state index contributed by atoms with van der Waals surface area (Å²) in [6.07, 6.45) is 0. The number of benzene rings is 1. The van der Waals surface area contributed by atoms with E-state index >= 15 is 0 Å². The third-order valence-corrected chi connectivity index (χ3v) is 2.68. The molecule has 0 amide bonds. The van der Waals surface area contributed by atoms with Crippen LogP contribution in [0, 0.1) is 0 Å². The van der Waals surface area contributed by atoms with E-state index in [1.165, 1.54) is 11.3 Å². The van der Waals surface area contributed by atoms with Gasteiger partial charge in [-0.15, -0.1) is 11.3 Å². The maximum Gasteiger partial charge on any atom is 0.335 e. The Morgan fingerprint density at radius 3 is 3.00 bits per heavy atom. The van der Waals surface area contributed by atoms with Gasteiger partial charge in [-0.25, -0.2) is 4.79 Å². The van der Waals surface area contributed by atoms with Crippen molar-refractivity contribution >= 4 is 40.3 Å². The van der Waals surface area contributed by atoms with E-state index in [1.54, 1.807) is 18.2 Å². The zero-order chi connectivity index (χ0) is 9.42. The highest BCUT2D eigenvalue weighted by molar-refractivity contribution is 7.25. The van der Waals surface area contributed by atoms with Gasteiger partial charge in [0.15, 0.2) is 7.85 Å². The van der Waals surface area contributed by atoms with Gasteiger partial charge in [0.25, 0.3) is 0 Å². The number of aromatic carboxylic acids is 1. The Morgan fingerprint density at radius 1 is 1.54 bits per heavy atom. The Bertz CT molecular complexity index is 480. The highest BCUT2D eigenvalue weighted by Gasteiger charge is 2.05. The van der Waals surface area contributed by atoms with Crippen molar-refractivity contribution in [1.82, 2.24) is 4.98 Å². The predicted molar refractivity (Wildman–Crippen MR) is 54.8 cm³/mol. The van der Waals surface area contributed by atoms with Crippen LogP contribution in [-0.2, 0) is 0 Å². The summed E-state index contributed by atoms with van der Waals surface area (Å²) >= 11 is 1.51. The zero-order valence-corrected chi connectivity index (χ0v) is 7.76. The molecular weight excluding hydrogens is 185 g/mol. The molecular formula is C8H6BNO2S. The third kappa shape index (κ3) is 1.42. The fourth-order valence-corrected chi connectivity index (χ4v) is 2.04. The smallest absolute Gasteiger partial charge is 0.335 e. The normalized spacial score (nSPS) is 10.5. The van der Waals surface area contributed by atoms with Crippen LogP contribution in [0.15, 0.2) is 18.2 Å². The second-order valence-corrected chi connectivity index (χ2v) is 3.96. The molecule has 0 unspecified atom stereocenters. The van der Waals surface area contributed by atoms with Crippen LogP contribution in [0.5, 0.6) is 0 Å². The first-order chi connectivity index (χ1) is 6.16. The first kappa shape index (κ1) is 8.25. The van der Waals surface area contributed by atoms with Crippen molar-refractivity contribution in [3.05, 3.63) is 23.8 Å². The molecule has 0 radical (unpaired) electrons. The number of aromatic nitrogens is 1. The Labute approximate surface area is 79.4 Å². The molecule has 0 bridgehead atoms. The monoisotopic (exact) mass is 191 g/mol. The van der Waals surface area contributed by atoms with Crippen molar-refractivity contribution in [3.8, 4) is 0 Å². The topological polar surface area (TPSA) is 50.2 Å². The fraction of sp³-hybridized carbons (Fsp3) is 0. The van der Waals surface area contributed by atoms with Crippen LogP contribution in [0.25, 0.3) is 10.2 Å². The molecule has 0 aliphatic heterocycles. The number of carboxylic acid groups (broad SMARTS) is 1. The van der Waals surface area contributed by atoms with Gasteiger partial charge in [0.1, 0.15) is 0 Å². The van der Waals surface area contributed by atoms with E-state index in [-0.39, 0.29) is 0 Å². The van der Waals surface area contributed by atoms with E-state index in [4.69, 9.17) is 5.11 Å². The third-order valence-electron chi connectivity index (χ3n) is 1.74. The molecule has 13 heavy (non-hydrogen) atoms. The second-order valence-electron chi connectivity index (χ2n) is 2.72. The molecule has 0 saturated carbocycles. The van der Waals surface area contributed by atoms with Crippen molar-refractivity contribution < 1.29 is 9.90 Å². The van der Waals surface area contributed by atoms with Gasteiger partial charge in [-0.05, 0) is 18.2 Å². The number of hydrogen-bond donors (Lipinski definition) is 1. The summed E-state index contributed by atoms with van der Waals surface area (Å²) in [5.74, 6) is -0.895. The molecule has 2 aromatic rings. The standard InChI is InChI=1S/C8H6BNO2S/c9-8-10-5-2-1-4(7(11)12)3-6(5)13-8/h1-3H,9H2,(H,11,12). The Morgan fingerprint density at radius 2 is 2.31 bits per heavy atom. The molecule has 2 rings (SSSR count). The van der Waals surface area contributed by atoms with Gasteiger partial charge in [0.2, 0.25) is 0 Å². The van der Waals surface area contributed by atoms with Crippen LogP contribution in [0.1, 0.15) is 10.4 Å². The largest absolute Gasteiger partial charge is 0.478 e. The van der Waals surface area contributed by atoms with Gasteiger partial charge in [-0.3, -0.25) is 4.98 Å². The quantitative estimate of drug-likeness (QED) is 0.657. The van der Waals surface area contributed by atoms with E-state index in [0.717, 1.165) is 15.1 Å². The molecule has 0 aliphatic carbocycles. The number of nitrogens with zero attached hydrogens (tertiary/aromatic N) is 1. The van der Waals surface area contributed by atoms with Crippen LogP contribution in [-0.4, -0.2) is 23.9 Å². The molecule has 64 valence electrons. The Hall–Kier alpha value is -1.36. The average molecular weight is 191 g/mol. The summed E-state index contributed by atoms with van der Waals surface area (Å²) in [4.78, 5) is 15.8. The molecule has 0 fully saturated rings. The van der Waals surface area contributed by atoms with Crippen LogP contribution in [0.2, 0.25) is 0 Å². The summed E-state index contributed by atoms with van der Waals surface area (Å²) < 4.78 is 0.928. The lowest BCUT2D eigenvalue weighted by Gasteiger charge is -1.91. The molecule has 1 aromatic carbocycles. The summed E-state index contributed by atoms with van der Waals surface area (Å²) in [6, 6.07) is 4.97. The molecule has 1 heterocycles. The maximum absolute atomic E-state index is 10.6. The lowest BCUT2D eigenvalue weighted by Crippen LogP contribution is -1.96. The van der Waals surface area contributed by atoms with Crippen molar-refractivity contribution in [1.29, 1.82) is 0 Å². The summed E-state index contributed by atoms with van der Waals surface area (Å²) in [5.41, 5.74) is 1.18. The summed E-state index contributed by atoms with van der Waals surface area (Å²) in [5, 5.41) is 8.74. The lowest BCUT2D eigenvalue weighted by atomic mass is 10.2. The van der Waals surface area contributed by atoms with Crippen LogP contribution >= 0.6 is 11.3 Å². The number of fused-ring (bicyclic) bond motifs is 1. The summed E-state index contributed by atoms with van der Waals surface area (Å²) in [7, 11) is 1.91. The summed E-state index contributed by atoms with van der Waals surface area (Å²) in [6.45, 7) is 0. The van der Waals surface area contributed by atoms with Crippen LogP contribution in [0.4, 0.5) is 0 Å². The first-order valence-corrected chi connectivity index (χ1v) is 4.59. The highest BCUT2D eigenvalue weighted by Crippen LogP contribution is 2.17. The van der Waals surface area contributed by atoms with Crippen LogP contribution in [0.3, 0.4) is 0 Å². The van der Waals surface area contributed by atoms with Crippen molar-refractivity contribution in [2.24, 2.45) is 0 Å². The second kappa shape index (κ2) is 2.85. The first-order valence-electron chi connectivity index (χ1n) is 3.77. The molecule has 0 aliphatic rings.